The van der Waals surface area contributed by atoms with Crippen molar-refractivity contribution in [3.63, 3.8) is 0 Å². The van der Waals surface area contributed by atoms with Crippen LogP contribution in [0.1, 0.15) is 24.6 Å². The fraction of sp³-hybridized carbons (Fsp3) is 0.600. The Kier molecular flexibility index (Phi) is 3.01. The summed E-state index contributed by atoms with van der Waals surface area (Å²) >= 11 is 0. The normalized spacial score (nSPS) is 21.3. The van der Waals surface area contributed by atoms with E-state index < -0.39 is 0 Å². The molecule has 1 aliphatic heterocycles. The van der Waals surface area contributed by atoms with Gasteiger partial charge in [0.05, 0.1) is 13.2 Å². The molecule has 1 aromatic heterocycles. The van der Waals surface area contributed by atoms with Crippen LogP contribution in [0.15, 0.2) is 10.9 Å². The summed E-state index contributed by atoms with van der Waals surface area (Å²) in [5.74, 6) is 1.41. The molecule has 2 N–H and O–H groups in total. The van der Waals surface area contributed by atoms with Crippen molar-refractivity contribution >= 4 is 0 Å². The Morgan fingerprint density at radius 1 is 1.60 bits per heavy atom. The number of methoxy groups -OCH3 is 1. The summed E-state index contributed by atoms with van der Waals surface area (Å²) in [6.07, 6.45) is 2.18. The van der Waals surface area contributed by atoms with Crippen molar-refractivity contribution < 1.29 is 4.74 Å². The number of piperidine rings is 1. The van der Waals surface area contributed by atoms with E-state index in [-0.39, 0.29) is 5.56 Å². The summed E-state index contributed by atoms with van der Waals surface area (Å²) in [5.41, 5.74) is -0.151. The van der Waals surface area contributed by atoms with Gasteiger partial charge in [-0.1, -0.05) is 0 Å². The average Bonchev–Trinajstić information content (AvgIpc) is 2.29. The summed E-state index contributed by atoms with van der Waals surface area (Å²) in [5, 5.41) is 3.29. The smallest absolute Gasteiger partial charge is 0.254 e. The molecule has 0 saturated carbocycles. The van der Waals surface area contributed by atoms with Gasteiger partial charge >= 0.3 is 0 Å². The zero-order valence-electron chi connectivity index (χ0n) is 8.75. The minimum absolute atomic E-state index is 0.151. The molecule has 15 heavy (non-hydrogen) atoms. The Hall–Kier alpha value is -1.36. The number of nitrogens with zero attached hydrogens (tertiary/aromatic N) is 1. The van der Waals surface area contributed by atoms with Gasteiger partial charge in [0.1, 0.15) is 5.82 Å². The fourth-order valence-corrected chi connectivity index (χ4v) is 1.84. The largest absolute Gasteiger partial charge is 0.481 e. The van der Waals surface area contributed by atoms with Gasteiger partial charge in [0.15, 0.2) is 0 Å². The van der Waals surface area contributed by atoms with Gasteiger partial charge in [-0.15, -0.1) is 0 Å². The second-order valence-corrected chi connectivity index (χ2v) is 3.72. The molecule has 0 bridgehead atoms. The minimum Gasteiger partial charge on any atom is -0.481 e. The van der Waals surface area contributed by atoms with E-state index in [9.17, 15) is 4.79 Å². The highest BCUT2D eigenvalue weighted by molar-refractivity contribution is 5.11. The van der Waals surface area contributed by atoms with Crippen LogP contribution in [0.4, 0.5) is 0 Å². The number of aromatic nitrogens is 2. The van der Waals surface area contributed by atoms with E-state index in [0.29, 0.717) is 11.8 Å². The second kappa shape index (κ2) is 4.44. The fourth-order valence-electron chi connectivity index (χ4n) is 1.84. The highest BCUT2D eigenvalue weighted by Gasteiger charge is 2.18. The van der Waals surface area contributed by atoms with Crippen LogP contribution in [0.5, 0.6) is 5.88 Å². The van der Waals surface area contributed by atoms with E-state index >= 15 is 0 Å². The topological polar surface area (TPSA) is 67.0 Å². The lowest BCUT2D eigenvalue weighted by atomic mass is 9.99. The molecule has 2 rings (SSSR count). The van der Waals surface area contributed by atoms with E-state index in [1.54, 1.807) is 0 Å². The summed E-state index contributed by atoms with van der Waals surface area (Å²) in [6, 6.07) is 1.36. The summed E-state index contributed by atoms with van der Waals surface area (Å²) in [7, 11) is 1.52. The first-order valence-electron chi connectivity index (χ1n) is 5.15. The molecule has 1 unspecified atom stereocenters. The van der Waals surface area contributed by atoms with Crippen LogP contribution in [-0.4, -0.2) is 30.2 Å². The number of nitrogens with one attached hydrogen (secondary N) is 2. The van der Waals surface area contributed by atoms with Crippen molar-refractivity contribution in [2.45, 2.75) is 18.8 Å². The van der Waals surface area contributed by atoms with Crippen LogP contribution >= 0.6 is 0 Å². The molecule has 2 heterocycles. The number of hydrogen-bond acceptors (Lipinski definition) is 4. The van der Waals surface area contributed by atoms with E-state index in [0.717, 1.165) is 31.8 Å². The van der Waals surface area contributed by atoms with Crippen molar-refractivity contribution in [1.29, 1.82) is 0 Å². The lowest BCUT2D eigenvalue weighted by Gasteiger charge is -2.21. The minimum atomic E-state index is -0.151. The maximum Gasteiger partial charge on any atom is 0.254 e. The second-order valence-electron chi connectivity index (χ2n) is 3.72. The Balaban J connectivity index is 2.26. The molecular weight excluding hydrogens is 194 g/mol. The van der Waals surface area contributed by atoms with Gasteiger partial charge in [0, 0.05) is 12.5 Å². The average molecular weight is 209 g/mol. The van der Waals surface area contributed by atoms with Gasteiger partial charge < -0.3 is 15.0 Å². The van der Waals surface area contributed by atoms with Gasteiger partial charge in [0.2, 0.25) is 5.88 Å². The Bertz CT molecular complexity index is 382. The third kappa shape index (κ3) is 2.36. The number of ether oxygens (including phenoxy) is 1. The molecule has 0 radical (unpaired) electrons. The first kappa shape index (κ1) is 10.2. The highest BCUT2D eigenvalue weighted by Crippen LogP contribution is 2.19. The van der Waals surface area contributed by atoms with Crippen LogP contribution < -0.4 is 15.6 Å². The molecule has 0 spiro atoms. The first-order valence-corrected chi connectivity index (χ1v) is 5.15. The summed E-state index contributed by atoms with van der Waals surface area (Å²) < 4.78 is 4.97. The number of H-pyrrole nitrogens is 1. The van der Waals surface area contributed by atoms with Crippen molar-refractivity contribution in [3.05, 3.63) is 22.2 Å². The maximum absolute atomic E-state index is 11.3. The molecule has 5 nitrogen and oxygen atoms in total. The molecule has 0 aromatic carbocycles. The maximum atomic E-state index is 11.3. The van der Waals surface area contributed by atoms with E-state index in [2.05, 4.69) is 15.3 Å². The molecule has 1 saturated heterocycles. The third-order valence-electron chi connectivity index (χ3n) is 2.63. The molecular formula is C10H15N3O2. The zero-order chi connectivity index (χ0) is 10.7. The molecule has 82 valence electrons. The van der Waals surface area contributed by atoms with Crippen LogP contribution in [0.25, 0.3) is 0 Å². The molecule has 0 aliphatic carbocycles. The lowest BCUT2D eigenvalue weighted by molar-refractivity contribution is 0.385. The van der Waals surface area contributed by atoms with Crippen molar-refractivity contribution in [1.82, 2.24) is 15.3 Å². The van der Waals surface area contributed by atoms with Crippen molar-refractivity contribution in [3.8, 4) is 5.88 Å². The molecule has 1 fully saturated rings. The predicted octanol–water partition coefficient (Wildman–Crippen LogP) is 0.245. The van der Waals surface area contributed by atoms with Crippen molar-refractivity contribution in [2.24, 2.45) is 0 Å². The van der Waals surface area contributed by atoms with Crippen molar-refractivity contribution in [2.75, 3.05) is 20.2 Å². The van der Waals surface area contributed by atoms with Gasteiger partial charge in [-0.25, -0.2) is 0 Å². The Labute approximate surface area is 87.9 Å². The lowest BCUT2D eigenvalue weighted by Crippen LogP contribution is -2.30. The summed E-state index contributed by atoms with van der Waals surface area (Å²) in [4.78, 5) is 18.3. The molecule has 0 amide bonds. The number of hydrogen-bond donors (Lipinski definition) is 2. The first-order chi connectivity index (χ1) is 7.29. The Morgan fingerprint density at radius 3 is 3.13 bits per heavy atom. The number of rotatable bonds is 2. The van der Waals surface area contributed by atoms with Gasteiger partial charge in [-0.05, 0) is 19.4 Å². The molecule has 1 aromatic rings. The van der Waals surface area contributed by atoms with E-state index in [1.807, 2.05) is 0 Å². The van der Waals surface area contributed by atoms with Crippen LogP contribution in [-0.2, 0) is 0 Å². The van der Waals surface area contributed by atoms with Gasteiger partial charge in [-0.3, -0.25) is 4.79 Å². The third-order valence-corrected chi connectivity index (χ3v) is 2.63. The van der Waals surface area contributed by atoms with Gasteiger partial charge in [-0.2, -0.15) is 4.98 Å². The monoisotopic (exact) mass is 209 g/mol. The van der Waals surface area contributed by atoms with E-state index in [1.165, 1.54) is 13.2 Å². The Morgan fingerprint density at radius 2 is 2.47 bits per heavy atom. The number of aromatic amines is 1. The quantitative estimate of drug-likeness (QED) is 0.732. The van der Waals surface area contributed by atoms with Crippen LogP contribution in [0, 0.1) is 0 Å². The van der Waals surface area contributed by atoms with Crippen LogP contribution in [0.3, 0.4) is 0 Å². The van der Waals surface area contributed by atoms with Gasteiger partial charge in [0.25, 0.3) is 5.56 Å². The predicted molar refractivity (Wildman–Crippen MR) is 56.3 cm³/mol. The molecule has 5 heteroatoms. The van der Waals surface area contributed by atoms with Crippen LogP contribution in [0.2, 0.25) is 0 Å². The van der Waals surface area contributed by atoms with E-state index in [4.69, 9.17) is 4.74 Å². The molecule has 1 aliphatic rings. The standard InChI is InChI=1S/C10H15N3O2/c1-15-9-5-8(14)12-10(13-9)7-3-2-4-11-6-7/h5,7,11H,2-4,6H2,1H3,(H,12,13,14). The molecule has 1 atom stereocenters. The zero-order valence-corrected chi connectivity index (χ0v) is 8.75. The SMILES string of the molecule is COc1cc(=O)[nH]c(C2CCCNC2)n1. The summed E-state index contributed by atoms with van der Waals surface area (Å²) in [6.45, 7) is 1.92. The highest BCUT2D eigenvalue weighted by atomic mass is 16.5.